The highest BCUT2D eigenvalue weighted by molar-refractivity contribution is 5.94. The van der Waals surface area contributed by atoms with Crippen LogP contribution in [0, 0.1) is 6.92 Å². The van der Waals surface area contributed by atoms with Gasteiger partial charge in [-0.3, -0.25) is 13.9 Å². The number of hydrogen-bond acceptors (Lipinski definition) is 3. The van der Waals surface area contributed by atoms with Crippen LogP contribution in [0.15, 0.2) is 64.3 Å². The molecule has 6 nitrogen and oxygen atoms in total. The van der Waals surface area contributed by atoms with E-state index >= 15 is 0 Å². The molecule has 0 radical (unpaired) electrons. The molecular weight excluding hydrogens is 340 g/mol. The quantitative estimate of drug-likeness (QED) is 0.558. The van der Waals surface area contributed by atoms with Crippen LogP contribution in [-0.4, -0.2) is 13.7 Å². The lowest BCUT2D eigenvalue weighted by atomic mass is 10.1. The third-order valence-corrected chi connectivity index (χ3v) is 4.91. The zero-order valence-corrected chi connectivity index (χ0v) is 15.4. The van der Waals surface area contributed by atoms with Gasteiger partial charge in [0, 0.05) is 31.7 Å². The van der Waals surface area contributed by atoms with Crippen molar-refractivity contribution in [2.75, 3.05) is 5.73 Å². The number of aryl methyl sites for hydroxylation is 2. The Bertz CT molecular complexity index is 1290. The van der Waals surface area contributed by atoms with Crippen LogP contribution in [0.25, 0.3) is 27.8 Å². The van der Waals surface area contributed by atoms with Gasteiger partial charge in [0.05, 0.1) is 16.6 Å². The standard InChI is InChI=1S/C21H20N4O2/c1-13-7-9-14(10-8-13)19-18-17(23(2)21(27)24(3)20(18)26)12-25(19)16-6-4-5-15(22)11-16/h4-12H,22H2,1-3H3. The van der Waals surface area contributed by atoms with Crippen LogP contribution in [0.2, 0.25) is 0 Å². The summed E-state index contributed by atoms with van der Waals surface area (Å²) in [4.78, 5) is 25.4. The molecule has 0 aliphatic heterocycles. The van der Waals surface area contributed by atoms with E-state index < -0.39 is 0 Å². The number of benzene rings is 2. The Morgan fingerprint density at radius 1 is 0.926 bits per heavy atom. The topological polar surface area (TPSA) is 75.0 Å². The van der Waals surface area contributed by atoms with Crippen LogP contribution < -0.4 is 17.0 Å². The third kappa shape index (κ3) is 2.57. The van der Waals surface area contributed by atoms with Crippen molar-refractivity contribution in [1.82, 2.24) is 13.7 Å². The molecule has 4 rings (SSSR count). The summed E-state index contributed by atoms with van der Waals surface area (Å²) in [7, 11) is 3.17. The first-order valence-corrected chi connectivity index (χ1v) is 8.62. The van der Waals surface area contributed by atoms with Gasteiger partial charge in [0.25, 0.3) is 5.56 Å². The number of hydrogen-bond donors (Lipinski definition) is 1. The van der Waals surface area contributed by atoms with Gasteiger partial charge in [-0.15, -0.1) is 0 Å². The van der Waals surface area contributed by atoms with Crippen LogP contribution in [0.3, 0.4) is 0 Å². The van der Waals surface area contributed by atoms with Crippen molar-refractivity contribution >= 4 is 16.6 Å². The summed E-state index contributed by atoms with van der Waals surface area (Å²) in [5.41, 5.74) is 10.1. The minimum absolute atomic E-state index is 0.314. The van der Waals surface area contributed by atoms with Gasteiger partial charge >= 0.3 is 5.69 Å². The SMILES string of the molecule is Cc1ccc(-c2c3c(=O)n(C)c(=O)n(C)c3cn2-c2cccc(N)c2)cc1. The Morgan fingerprint density at radius 2 is 1.63 bits per heavy atom. The number of aromatic nitrogens is 3. The van der Waals surface area contributed by atoms with Gasteiger partial charge in [0.1, 0.15) is 0 Å². The van der Waals surface area contributed by atoms with Crippen LogP contribution in [0.4, 0.5) is 5.69 Å². The molecule has 2 aromatic heterocycles. The Kier molecular flexibility index (Phi) is 3.77. The van der Waals surface area contributed by atoms with Crippen molar-refractivity contribution in [3.63, 3.8) is 0 Å². The van der Waals surface area contributed by atoms with E-state index in [2.05, 4.69) is 0 Å². The highest BCUT2D eigenvalue weighted by Crippen LogP contribution is 2.31. The van der Waals surface area contributed by atoms with E-state index in [9.17, 15) is 9.59 Å². The fourth-order valence-corrected chi connectivity index (χ4v) is 3.41. The highest BCUT2D eigenvalue weighted by atomic mass is 16.2. The number of nitrogens with two attached hydrogens (primary N) is 1. The molecule has 0 atom stereocenters. The summed E-state index contributed by atoms with van der Waals surface area (Å²) in [5, 5.41) is 0.505. The Morgan fingerprint density at radius 3 is 2.30 bits per heavy atom. The molecular formula is C21H20N4O2. The average molecular weight is 360 g/mol. The second kappa shape index (κ2) is 6.02. The van der Waals surface area contributed by atoms with E-state index in [1.54, 1.807) is 7.05 Å². The minimum atomic E-state index is -0.354. The number of nitrogens with zero attached hydrogens (tertiary/aromatic N) is 3. The summed E-state index contributed by atoms with van der Waals surface area (Å²) in [6.45, 7) is 2.02. The number of fused-ring (bicyclic) bond motifs is 1. The Balaban J connectivity index is 2.21. The monoisotopic (exact) mass is 360 g/mol. The Labute approximate surface area is 155 Å². The fraction of sp³-hybridized carbons (Fsp3) is 0.143. The van der Waals surface area contributed by atoms with Crippen LogP contribution >= 0.6 is 0 Å². The van der Waals surface area contributed by atoms with Crippen molar-refractivity contribution in [2.24, 2.45) is 14.1 Å². The molecule has 0 saturated heterocycles. The van der Waals surface area contributed by atoms with E-state index in [1.165, 1.54) is 11.6 Å². The zero-order valence-electron chi connectivity index (χ0n) is 15.4. The van der Waals surface area contributed by atoms with Crippen molar-refractivity contribution in [3.8, 4) is 16.9 Å². The smallest absolute Gasteiger partial charge is 0.330 e. The molecule has 0 aliphatic rings. The maximum Gasteiger partial charge on any atom is 0.330 e. The summed E-state index contributed by atoms with van der Waals surface area (Å²) < 4.78 is 4.56. The van der Waals surface area contributed by atoms with Gasteiger partial charge in [-0.1, -0.05) is 35.9 Å². The first-order valence-electron chi connectivity index (χ1n) is 8.62. The predicted molar refractivity (Wildman–Crippen MR) is 108 cm³/mol. The van der Waals surface area contributed by atoms with Crippen molar-refractivity contribution in [3.05, 3.63) is 81.1 Å². The molecule has 2 aromatic carbocycles. The second-order valence-corrected chi connectivity index (χ2v) is 6.77. The highest BCUT2D eigenvalue weighted by Gasteiger charge is 2.20. The molecule has 0 amide bonds. The van der Waals surface area contributed by atoms with Gasteiger partial charge in [-0.25, -0.2) is 4.79 Å². The average Bonchev–Trinajstić information content (AvgIpc) is 3.06. The molecule has 0 spiro atoms. The van der Waals surface area contributed by atoms with Crippen molar-refractivity contribution < 1.29 is 0 Å². The number of nitrogen functional groups attached to an aromatic ring is 1. The van der Waals surface area contributed by atoms with Crippen LogP contribution in [0.5, 0.6) is 0 Å². The summed E-state index contributed by atoms with van der Waals surface area (Å²) >= 11 is 0. The normalized spacial score (nSPS) is 11.2. The lowest BCUT2D eigenvalue weighted by Gasteiger charge is -2.11. The maximum atomic E-state index is 13.0. The molecule has 136 valence electrons. The molecule has 0 saturated carbocycles. The second-order valence-electron chi connectivity index (χ2n) is 6.77. The molecule has 0 aliphatic carbocycles. The molecule has 0 fully saturated rings. The van der Waals surface area contributed by atoms with Crippen molar-refractivity contribution in [1.29, 1.82) is 0 Å². The largest absolute Gasteiger partial charge is 0.399 e. The van der Waals surface area contributed by atoms with Gasteiger partial charge < -0.3 is 10.3 Å². The summed E-state index contributed by atoms with van der Waals surface area (Å²) in [6, 6.07) is 15.4. The molecule has 2 heterocycles. The summed E-state index contributed by atoms with van der Waals surface area (Å²) in [5.74, 6) is 0. The maximum absolute atomic E-state index is 13.0. The molecule has 4 aromatic rings. The molecule has 0 bridgehead atoms. The predicted octanol–water partition coefficient (Wildman–Crippen LogP) is 2.59. The first kappa shape index (κ1) is 16.9. The van der Waals surface area contributed by atoms with Crippen molar-refractivity contribution in [2.45, 2.75) is 6.92 Å². The summed E-state index contributed by atoms with van der Waals surface area (Å²) in [6.07, 6.45) is 1.82. The van der Waals surface area contributed by atoms with E-state index in [4.69, 9.17) is 5.73 Å². The van der Waals surface area contributed by atoms with E-state index in [0.29, 0.717) is 16.6 Å². The molecule has 0 unspecified atom stereocenters. The number of anilines is 1. The minimum Gasteiger partial charge on any atom is -0.399 e. The van der Waals surface area contributed by atoms with Gasteiger partial charge in [0.15, 0.2) is 0 Å². The van der Waals surface area contributed by atoms with Gasteiger partial charge in [-0.05, 0) is 30.7 Å². The van der Waals surface area contributed by atoms with Gasteiger partial charge in [-0.2, -0.15) is 0 Å². The molecule has 6 heteroatoms. The zero-order chi connectivity index (χ0) is 19.3. The van der Waals surface area contributed by atoms with Gasteiger partial charge in [0.2, 0.25) is 0 Å². The van der Waals surface area contributed by atoms with E-state index in [1.807, 2.05) is 66.2 Å². The van der Waals surface area contributed by atoms with E-state index in [0.717, 1.165) is 27.1 Å². The van der Waals surface area contributed by atoms with Crippen LogP contribution in [0.1, 0.15) is 5.56 Å². The molecule has 2 N–H and O–H groups in total. The van der Waals surface area contributed by atoms with E-state index in [-0.39, 0.29) is 11.2 Å². The third-order valence-electron chi connectivity index (χ3n) is 4.91. The first-order chi connectivity index (χ1) is 12.9. The number of rotatable bonds is 2. The fourth-order valence-electron chi connectivity index (χ4n) is 3.41. The Hall–Kier alpha value is -3.54. The van der Waals surface area contributed by atoms with Crippen LogP contribution in [-0.2, 0) is 14.1 Å². The lowest BCUT2D eigenvalue weighted by Crippen LogP contribution is -2.36. The lowest BCUT2D eigenvalue weighted by molar-refractivity contribution is 0.714. The molecule has 27 heavy (non-hydrogen) atoms.